The van der Waals surface area contributed by atoms with Gasteiger partial charge in [-0.25, -0.2) is 18.2 Å². The smallest absolute Gasteiger partial charge is 0.194 e. The third kappa shape index (κ3) is 2.60. The molecule has 124 valence electrons. The van der Waals surface area contributed by atoms with E-state index in [1.165, 1.54) is 0 Å². The van der Waals surface area contributed by atoms with E-state index in [2.05, 4.69) is 26.1 Å². The Hall–Kier alpha value is -2.22. The average molecular weight is 398 g/mol. The summed E-state index contributed by atoms with van der Waals surface area (Å²) < 4.78 is 42.6. The molecule has 1 unspecified atom stereocenters. The molecule has 4 nitrogen and oxygen atoms in total. The number of benzene rings is 1. The summed E-state index contributed by atoms with van der Waals surface area (Å²) >= 11 is 3.37. The lowest BCUT2D eigenvalue weighted by molar-refractivity contribution is 0.444. The number of hydrogen-bond acceptors (Lipinski definition) is 3. The number of hydrogen-bond donors (Lipinski definition) is 0. The monoisotopic (exact) mass is 397 g/mol. The Labute approximate surface area is 143 Å². The number of halogens is 4. The van der Waals surface area contributed by atoms with Gasteiger partial charge >= 0.3 is 0 Å². The highest BCUT2D eigenvalue weighted by Gasteiger charge is 2.26. The van der Waals surface area contributed by atoms with Gasteiger partial charge in [-0.15, -0.1) is 4.91 Å². The maximum atomic E-state index is 13.6. The van der Waals surface area contributed by atoms with Crippen LogP contribution in [0.15, 0.2) is 40.1 Å². The van der Waals surface area contributed by atoms with Gasteiger partial charge in [-0.3, -0.25) is 0 Å². The molecule has 0 aliphatic heterocycles. The highest BCUT2D eigenvalue weighted by molar-refractivity contribution is 9.10. The van der Waals surface area contributed by atoms with Gasteiger partial charge < -0.3 is 4.40 Å². The Morgan fingerprint density at radius 2 is 1.96 bits per heavy atom. The van der Waals surface area contributed by atoms with Crippen LogP contribution in [0.3, 0.4) is 0 Å². The van der Waals surface area contributed by atoms with Crippen molar-refractivity contribution >= 4 is 21.6 Å². The molecule has 2 aromatic heterocycles. The van der Waals surface area contributed by atoms with Crippen LogP contribution in [-0.4, -0.2) is 9.38 Å². The van der Waals surface area contributed by atoms with Crippen molar-refractivity contribution in [1.82, 2.24) is 9.38 Å². The van der Waals surface area contributed by atoms with E-state index in [4.69, 9.17) is 0 Å². The molecule has 0 radical (unpaired) electrons. The molecule has 2 heterocycles. The minimum Gasteiger partial charge on any atom is -0.300 e. The summed E-state index contributed by atoms with van der Waals surface area (Å²) in [7, 11) is 0. The van der Waals surface area contributed by atoms with Crippen molar-refractivity contribution in [3.05, 3.63) is 74.2 Å². The molecule has 8 heteroatoms. The second-order valence-corrected chi connectivity index (χ2v) is 6.01. The fraction of sp³-hybridized carbons (Fsp3) is 0.188. The van der Waals surface area contributed by atoms with Crippen LogP contribution in [-0.2, 0) is 6.42 Å². The summed E-state index contributed by atoms with van der Waals surface area (Å²) in [4.78, 5) is 15.9. The summed E-state index contributed by atoms with van der Waals surface area (Å²) in [6, 6.07) is 3.86. The van der Waals surface area contributed by atoms with E-state index >= 15 is 0 Å². The molecule has 0 bridgehead atoms. The van der Waals surface area contributed by atoms with Crippen molar-refractivity contribution in [2.75, 3.05) is 0 Å². The zero-order valence-electron chi connectivity index (χ0n) is 12.4. The number of fused-ring (bicyclic) bond motifs is 1. The summed E-state index contributed by atoms with van der Waals surface area (Å²) in [5.74, 6) is -4.32. The van der Waals surface area contributed by atoms with Crippen LogP contribution >= 0.6 is 15.9 Å². The van der Waals surface area contributed by atoms with Crippen molar-refractivity contribution in [3.8, 4) is 0 Å². The van der Waals surface area contributed by atoms with Crippen LogP contribution in [0.1, 0.15) is 29.9 Å². The fourth-order valence-electron chi connectivity index (χ4n) is 2.65. The van der Waals surface area contributed by atoms with Crippen LogP contribution in [0.5, 0.6) is 0 Å². The van der Waals surface area contributed by atoms with Crippen LogP contribution in [0.4, 0.5) is 13.2 Å². The zero-order valence-corrected chi connectivity index (χ0v) is 14.0. The van der Waals surface area contributed by atoms with Gasteiger partial charge in [0.15, 0.2) is 29.1 Å². The largest absolute Gasteiger partial charge is 0.300 e. The molecule has 24 heavy (non-hydrogen) atoms. The SMILES string of the molecule is CCc1nc2c(Br)cccn2c1C(N=O)c1cc(F)c(F)c(F)c1. The van der Waals surface area contributed by atoms with Gasteiger partial charge in [0.1, 0.15) is 0 Å². The maximum Gasteiger partial charge on any atom is 0.194 e. The summed E-state index contributed by atoms with van der Waals surface area (Å²) in [6.45, 7) is 1.84. The fourth-order valence-corrected chi connectivity index (χ4v) is 3.08. The van der Waals surface area contributed by atoms with E-state index in [9.17, 15) is 18.1 Å². The molecule has 1 aromatic carbocycles. The molecule has 0 aliphatic carbocycles. The van der Waals surface area contributed by atoms with Crippen LogP contribution in [0, 0.1) is 22.4 Å². The van der Waals surface area contributed by atoms with Crippen LogP contribution < -0.4 is 0 Å². The lowest BCUT2D eigenvalue weighted by Gasteiger charge is -2.12. The number of nitrogens with zero attached hydrogens (tertiary/aromatic N) is 3. The maximum absolute atomic E-state index is 13.6. The first-order chi connectivity index (χ1) is 11.5. The Kier molecular flexibility index (Phi) is 4.40. The molecule has 0 saturated heterocycles. The molecule has 3 aromatic rings. The van der Waals surface area contributed by atoms with E-state index in [-0.39, 0.29) is 5.56 Å². The van der Waals surface area contributed by atoms with Crippen molar-refractivity contribution in [1.29, 1.82) is 0 Å². The molecular weight excluding hydrogens is 387 g/mol. The molecule has 0 saturated carbocycles. The van der Waals surface area contributed by atoms with Gasteiger partial charge in [-0.05, 0) is 52.2 Å². The Bertz CT molecular complexity index is 919. The molecule has 0 N–H and O–H groups in total. The van der Waals surface area contributed by atoms with Gasteiger partial charge in [0.25, 0.3) is 0 Å². The molecule has 0 fully saturated rings. The standard InChI is InChI=1S/C16H11BrF3N3O/c1-2-12-15(23-5-3-4-9(17)16(23)21-12)14(22-24)8-6-10(18)13(20)11(19)7-8/h3-7,14H,2H2,1H3. The number of imidazole rings is 1. The Morgan fingerprint density at radius 1 is 1.29 bits per heavy atom. The van der Waals surface area contributed by atoms with E-state index in [1.54, 1.807) is 22.7 Å². The van der Waals surface area contributed by atoms with E-state index in [0.29, 0.717) is 27.9 Å². The van der Waals surface area contributed by atoms with E-state index in [0.717, 1.165) is 12.1 Å². The predicted molar refractivity (Wildman–Crippen MR) is 86.2 cm³/mol. The Balaban J connectivity index is 2.27. The first-order valence-corrected chi connectivity index (χ1v) is 7.89. The third-order valence-corrected chi connectivity index (χ3v) is 4.36. The number of aryl methyl sites for hydroxylation is 1. The minimum absolute atomic E-state index is 0.0714. The number of rotatable bonds is 4. The topological polar surface area (TPSA) is 46.7 Å². The first kappa shape index (κ1) is 16.6. The second kappa shape index (κ2) is 6.35. The summed E-state index contributed by atoms with van der Waals surface area (Å²) in [5.41, 5.74) is 1.45. The van der Waals surface area contributed by atoms with Crippen LogP contribution in [0.25, 0.3) is 5.65 Å². The zero-order chi connectivity index (χ0) is 17.4. The van der Waals surface area contributed by atoms with Crippen molar-refractivity contribution < 1.29 is 13.2 Å². The highest BCUT2D eigenvalue weighted by Crippen LogP contribution is 2.33. The van der Waals surface area contributed by atoms with Crippen molar-refractivity contribution in [2.45, 2.75) is 19.4 Å². The van der Waals surface area contributed by atoms with Crippen molar-refractivity contribution in [3.63, 3.8) is 0 Å². The van der Waals surface area contributed by atoms with E-state index in [1.807, 2.05) is 6.92 Å². The molecule has 0 amide bonds. The third-order valence-electron chi connectivity index (χ3n) is 3.74. The number of nitroso groups, excluding NO2 is 1. The number of pyridine rings is 1. The lowest BCUT2D eigenvalue weighted by Crippen LogP contribution is -2.07. The van der Waals surface area contributed by atoms with Crippen LogP contribution in [0.2, 0.25) is 0 Å². The minimum atomic E-state index is -1.58. The predicted octanol–water partition coefficient (Wildman–Crippen LogP) is 4.93. The van der Waals surface area contributed by atoms with Gasteiger partial charge in [0.05, 0.1) is 15.9 Å². The van der Waals surface area contributed by atoms with E-state index < -0.39 is 23.5 Å². The quantitative estimate of drug-likeness (QED) is 0.462. The molecule has 0 aliphatic rings. The van der Waals surface area contributed by atoms with Gasteiger partial charge in [0, 0.05) is 6.20 Å². The van der Waals surface area contributed by atoms with Crippen molar-refractivity contribution in [2.24, 2.45) is 5.18 Å². The normalized spacial score (nSPS) is 12.5. The number of aromatic nitrogens is 2. The van der Waals surface area contributed by atoms with Gasteiger partial charge in [0.2, 0.25) is 0 Å². The first-order valence-electron chi connectivity index (χ1n) is 7.10. The summed E-state index contributed by atoms with van der Waals surface area (Å²) in [5, 5.41) is 3.02. The summed E-state index contributed by atoms with van der Waals surface area (Å²) in [6.07, 6.45) is 2.16. The highest BCUT2D eigenvalue weighted by atomic mass is 79.9. The average Bonchev–Trinajstić information content (AvgIpc) is 2.93. The molecule has 0 spiro atoms. The molecular formula is C16H11BrF3N3O. The Morgan fingerprint density at radius 3 is 2.54 bits per heavy atom. The lowest BCUT2D eigenvalue weighted by atomic mass is 10.0. The second-order valence-electron chi connectivity index (χ2n) is 5.15. The molecule has 3 rings (SSSR count). The van der Waals surface area contributed by atoms with Gasteiger partial charge in [-0.2, -0.15) is 0 Å². The molecule has 1 atom stereocenters. The van der Waals surface area contributed by atoms with Gasteiger partial charge in [-0.1, -0.05) is 12.1 Å².